The van der Waals surface area contributed by atoms with E-state index in [1.54, 1.807) is 19.1 Å². The lowest BCUT2D eigenvalue weighted by Gasteiger charge is -2.33. The minimum absolute atomic E-state index is 0.120. The van der Waals surface area contributed by atoms with Crippen molar-refractivity contribution in [2.75, 3.05) is 17.1 Å². The summed E-state index contributed by atoms with van der Waals surface area (Å²) in [5.74, 6) is -0.633. The van der Waals surface area contributed by atoms with Crippen LogP contribution in [0.4, 0.5) is 5.69 Å². The van der Waals surface area contributed by atoms with Gasteiger partial charge in [-0.25, -0.2) is 8.42 Å². The molecule has 1 atom stereocenters. The molecule has 190 valence electrons. The minimum Gasteiger partial charge on any atom is -0.352 e. The maximum absolute atomic E-state index is 13.7. The Kier molecular flexibility index (Phi) is 8.94. The van der Waals surface area contributed by atoms with Crippen molar-refractivity contribution in [2.24, 2.45) is 0 Å². The van der Waals surface area contributed by atoms with E-state index in [1.165, 1.54) is 11.3 Å². The predicted octanol–water partition coefficient (Wildman–Crippen LogP) is 3.94. The van der Waals surface area contributed by atoms with E-state index >= 15 is 0 Å². The van der Waals surface area contributed by atoms with Gasteiger partial charge < -0.3 is 10.2 Å². The Morgan fingerprint density at radius 1 is 1.03 bits per heavy atom. The molecule has 8 heteroatoms. The van der Waals surface area contributed by atoms with Gasteiger partial charge in [-0.2, -0.15) is 0 Å². The van der Waals surface area contributed by atoms with Gasteiger partial charge >= 0.3 is 0 Å². The Hall–Kier alpha value is -2.87. The monoisotopic (exact) mass is 499 g/mol. The van der Waals surface area contributed by atoms with E-state index in [9.17, 15) is 18.0 Å². The summed E-state index contributed by atoms with van der Waals surface area (Å²) in [6.07, 6.45) is 6.34. The molecule has 1 aliphatic carbocycles. The number of hydrogen-bond acceptors (Lipinski definition) is 4. The second-order valence-corrected chi connectivity index (χ2v) is 11.5. The number of rotatable bonds is 9. The molecule has 0 aromatic heterocycles. The quantitative estimate of drug-likeness (QED) is 0.566. The zero-order chi connectivity index (χ0) is 25.6. The fraction of sp³-hybridized carbons (Fsp3) is 0.481. The average Bonchev–Trinajstić information content (AvgIpc) is 2.81. The summed E-state index contributed by atoms with van der Waals surface area (Å²) in [7, 11) is -3.73. The topological polar surface area (TPSA) is 86.8 Å². The molecular formula is C27H37N3O4S. The molecule has 1 aliphatic rings. The van der Waals surface area contributed by atoms with E-state index < -0.39 is 22.0 Å². The Bertz CT molecular complexity index is 1140. The van der Waals surface area contributed by atoms with Crippen LogP contribution < -0.4 is 9.62 Å². The van der Waals surface area contributed by atoms with Crippen LogP contribution >= 0.6 is 0 Å². The molecule has 1 saturated carbocycles. The van der Waals surface area contributed by atoms with Gasteiger partial charge in [0.1, 0.15) is 12.6 Å². The zero-order valence-electron chi connectivity index (χ0n) is 21.2. The molecule has 35 heavy (non-hydrogen) atoms. The molecule has 2 amide bonds. The van der Waals surface area contributed by atoms with Crippen LogP contribution in [0.25, 0.3) is 0 Å². The first-order valence-corrected chi connectivity index (χ1v) is 14.1. The van der Waals surface area contributed by atoms with Crippen LogP contribution in [0.3, 0.4) is 0 Å². The van der Waals surface area contributed by atoms with Gasteiger partial charge in [-0.05, 0) is 50.8 Å². The van der Waals surface area contributed by atoms with Crippen LogP contribution in [0.15, 0.2) is 48.5 Å². The van der Waals surface area contributed by atoms with E-state index in [4.69, 9.17) is 0 Å². The molecule has 1 fully saturated rings. The van der Waals surface area contributed by atoms with Crippen molar-refractivity contribution in [1.82, 2.24) is 10.2 Å². The van der Waals surface area contributed by atoms with Crippen molar-refractivity contribution in [2.45, 2.75) is 71.5 Å². The van der Waals surface area contributed by atoms with Gasteiger partial charge in [0.25, 0.3) is 0 Å². The van der Waals surface area contributed by atoms with Crippen molar-refractivity contribution >= 4 is 27.5 Å². The molecule has 1 N–H and O–H groups in total. The van der Waals surface area contributed by atoms with Crippen LogP contribution in [0.2, 0.25) is 0 Å². The first-order valence-electron chi connectivity index (χ1n) is 12.2. The van der Waals surface area contributed by atoms with Gasteiger partial charge in [-0.1, -0.05) is 67.3 Å². The van der Waals surface area contributed by atoms with Crippen molar-refractivity contribution in [1.29, 1.82) is 0 Å². The molecule has 0 radical (unpaired) electrons. The van der Waals surface area contributed by atoms with Crippen molar-refractivity contribution < 1.29 is 18.0 Å². The number of nitrogens with one attached hydrogen (secondary N) is 1. The van der Waals surface area contributed by atoms with Gasteiger partial charge in [0, 0.05) is 12.6 Å². The molecule has 2 aromatic carbocycles. The second kappa shape index (κ2) is 11.7. The average molecular weight is 500 g/mol. The Balaban J connectivity index is 1.88. The van der Waals surface area contributed by atoms with E-state index in [0.717, 1.165) is 52.9 Å². The van der Waals surface area contributed by atoms with E-state index in [2.05, 4.69) is 5.32 Å². The zero-order valence-corrected chi connectivity index (χ0v) is 22.0. The Morgan fingerprint density at radius 2 is 1.71 bits per heavy atom. The summed E-state index contributed by atoms with van der Waals surface area (Å²) in [6, 6.07) is 14.2. The van der Waals surface area contributed by atoms with Crippen molar-refractivity contribution in [3.8, 4) is 0 Å². The third kappa shape index (κ3) is 7.31. The normalized spacial score (nSPS) is 15.3. The van der Waals surface area contributed by atoms with Gasteiger partial charge in [0.15, 0.2) is 0 Å². The molecule has 0 bridgehead atoms. The Labute approximate surface area is 209 Å². The lowest BCUT2D eigenvalue weighted by atomic mass is 9.95. The lowest BCUT2D eigenvalue weighted by Crippen LogP contribution is -2.53. The van der Waals surface area contributed by atoms with Crippen LogP contribution in [0, 0.1) is 13.8 Å². The molecule has 2 aromatic rings. The first kappa shape index (κ1) is 26.7. The van der Waals surface area contributed by atoms with Crippen molar-refractivity contribution in [3.63, 3.8) is 0 Å². The van der Waals surface area contributed by atoms with Gasteiger partial charge in [-0.3, -0.25) is 13.9 Å². The highest BCUT2D eigenvalue weighted by Gasteiger charge is 2.31. The SMILES string of the molecule is Cc1cccc(CN(C(=O)CN(c2ccccc2C)S(C)(=O)=O)C(C)C(=O)NC2CCCCC2)c1. The number of nitrogens with zero attached hydrogens (tertiary/aromatic N) is 2. The molecule has 3 rings (SSSR count). The first-order chi connectivity index (χ1) is 16.6. The largest absolute Gasteiger partial charge is 0.352 e. The lowest BCUT2D eigenvalue weighted by molar-refractivity contribution is -0.139. The fourth-order valence-corrected chi connectivity index (χ4v) is 5.50. The van der Waals surface area contributed by atoms with Crippen LogP contribution in [0.5, 0.6) is 0 Å². The number of benzene rings is 2. The fourth-order valence-electron chi connectivity index (χ4n) is 4.60. The summed E-state index contributed by atoms with van der Waals surface area (Å²) in [4.78, 5) is 28.3. The Morgan fingerprint density at radius 3 is 2.34 bits per heavy atom. The summed E-state index contributed by atoms with van der Waals surface area (Å²) in [6.45, 7) is 5.33. The molecule has 0 heterocycles. The number of hydrogen-bond donors (Lipinski definition) is 1. The van der Waals surface area contributed by atoms with Gasteiger partial charge in [0.05, 0.1) is 11.9 Å². The molecule has 0 aliphatic heterocycles. The van der Waals surface area contributed by atoms with E-state index in [1.807, 2.05) is 50.2 Å². The third-order valence-electron chi connectivity index (χ3n) is 6.62. The number of para-hydroxylation sites is 1. The van der Waals surface area contributed by atoms with E-state index in [-0.39, 0.29) is 25.0 Å². The van der Waals surface area contributed by atoms with Crippen molar-refractivity contribution in [3.05, 3.63) is 65.2 Å². The van der Waals surface area contributed by atoms with E-state index in [0.29, 0.717) is 5.69 Å². The summed E-state index contributed by atoms with van der Waals surface area (Å²) >= 11 is 0. The molecular weight excluding hydrogens is 462 g/mol. The highest BCUT2D eigenvalue weighted by Crippen LogP contribution is 2.23. The number of amides is 2. The number of aryl methyl sites for hydroxylation is 2. The molecule has 0 spiro atoms. The standard InChI is InChI=1S/C27H37N3O4S/c1-20-11-10-13-23(17-20)18-29(22(3)27(32)28-24-14-6-5-7-15-24)26(31)19-30(35(4,33)34)25-16-9-8-12-21(25)2/h8-13,16-17,22,24H,5-7,14-15,18-19H2,1-4H3,(H,28,32). The summed E-state index contributed by atoms with van der Waals surface area (Å²) in [5.41, 5.74) is 3.14. The molecule has 0 saturated heterocycles. The van der Waals surface area contributed by atoms with Gasteiger partial charge in [0.2, 0.25) is 21.8 Å². The van der Waals surface area contributed by atoms with Gasteiger partial charge in [-0.15, -0.1) is 0 Å². The van der Waals surface area contributed by atoms with Crippen LogP contribution in [-0.4, -0.2) is 50.0 Å². The number of sulfonamides is 1. The smallest absolute Gasteiger partial charge is 0.244 e. The number of anilines is 1. The summed E-state index contributed by atoms with van der Waals surface area (Å²) < 4.78 is 26.5. The van der Waals surface area contributed by atoms with Crippen LogP contribution in [0.1, 0.15) is 55.7 Å². The third-order valence-corrected chi connectivity index (χ3v) is 7.74. The molecule has 7 nitrogen and oxygen atoms in total. The minimum atomic E-state index is -3.73. The highest BCUT2D eigenvalue weighted by molar-refractivity contribution is 7.92. The maximum atomic E-state index is 13.7. The highest BCUT2D eigenvalue weighted by atomic mass is 32.2. The second-order valence-electron chi connectivity index (χ2n) is 9.59. The molecule has 1 unspecified atom stereocenters. The number of carbonyl (C=O) groups excluding carboxylic acids is 2. The summed E-state index contributed by atoms with van der Waals surface area (Å²) in [5, 5.41) is 3.11. The maximum Gasteiger partial charge on any atom is 0.244 e. The van der Waals surface area contributed by atoms with Crippen LogP contribution in [-0.2, 0) is 26.2 Å². The predicted molar refractivity (Wildman–Crippen MR) is 140 cm³/mol. The number of carbonyl (C=O) groups is 2.